The Hall–Kier alpha value is -2.80. The highest BCUT2D eigenvalue weighted by molar-refractivity contribution is 6.35. The third-order valence-electron chi connectivity index (χ3n) is 5.03. The first kappa shape index (κ1) is 18.6. The quantitative estimate of drug-likeness (QED) is 0.624. The van der Waals surface area contributed by atoms with Crippen molar-refractivity contribution in [3.63, 3.8) is 0 Å². The van der Waals surface area contributed by atoms with Crippen molar-refractivity contribution in [3.05, 3.63) is 40.5 Å². The fourth-order valence-corrected chi connectivity index (χ4v) is 3.87. The van der Waals surface area contributed by atoms with Crippen LogP contribution in [-0.2, 0) is 11.3 Å². The standard InChI is InChI=1S/C20H22ClN5O2/c1-12-15(8-9-16(22-12)24(2)3)25-10-5-11-26-18-13(19(27)28-4)6-7-14(21)17(18)23-20(25)26/h6-9H,5,10-11H2,1-4H3. The number of halogens is 1. The van der Waals surface area contributed by atoms with Crippen LogP contribution in [0.2, 0.25) is 5.02 Å². The van der Waals surface area contributed by atoms with Crippen molar-refractivity contribution in [1.29, 1.82) is 0 Å². The van der Waals surface area contributed by atoms with Crippen molar-refractivity contribution in [2.75, 3.05) is 37.5 Å². The molecule has 0 aliphatic carbocycles. The maximum atomic E-state index is 12.3. The first-order valence-corrected chi connectivity index (χ1v) is 9.49. The molecule has 0 saturated carbocycles. The van der Waals surface area contributed by atoms with Crippen LogP contribution in [-0.4, -0.2) is 48.3 Å². The van der Waals surface area contributed by atoms with E-state index in [1.807, 2.05) is 32.0 Å². The zero-order valence-electron chi connectivity index (χ0n) is 16.4. The number of carbonyl (C=O) groups excluding carboxylic acids is 1. The molecule has 4 rings (SSSR count). The zero-order chi connectivity index (χ0) is 20.0. The molecule has 0 amide bonds. The molecule has 3 aromatic rings. The van der Waals surface area contributed by atoms with E-state index in [1.54, 1.807) is 12.1 Å². The summed E-state index contributed by atoms with van der Waals surface area (Å²) in [6.45, 7) is 3.57. The molecule has 146 valence electrons. The minimum absolute atomic E-state index is 0.394. The predicted octanol–water partition coefficient (Wildman–Crippen LogP) is 3.79. The normalized spacial score (nSPS) is 13.5. The number of aryl methyl sites for hydroxylation is 2. The predicted molar refractivity (Wildman–Crippen MR) is 111 cm³/mol. The van der Waals surface area contributed by atoms with Crippen LogP contribution in [0.25, 0.3) is 11.0 Å². The summed E-state index contributed by atoms with van der Waals surface area (Å²) < 4.78 is 7.01. The molecule has 0 atom stereocenters. The van der Waals surface area contributed by atoms with Gasteiger partial charge in [-0.05, 0) is 37.6 Å². The van der Waals surface area contributed by atoms with Crippen LogP contribution in [0.5, 0.6) is 0 Å². The molecule has 0 bridgehead atoms. The summed E-state index contributed by atoms with van der Waals surface area (Å²) >= 11 is 6.41. The lowest BCUT2D eigenvalue weighted by Crippen LogP contribution is -2.29. The van der Waals surface area contributed by atoms with Gasteiger partial charge in [0.25, 0.3) is 0 Å². The fourth-order valence-electron chi connectivity index (χ4n) is 3.68. The number of carbonyl (C=O) groups is 1. The van der Waals surface area contributed by atoms with Gasteiger partial charge in [-0.25, -0.2) is 14.8 Å². The lowest BCUT2D eigenvalue weighted by Gasteiger charge is -2.30. The molecular formula is C20H22ClN5O2. The number of ether oxygens (including phenoxy) is 1. The Morgan fingerprint density at radius 2 is 1.96 bits per heavy atom. The third-order valence-corrected chi connectivity index (χ3v) is 5.33. The van der Waals surface area contributed by atoms with Crippen LogP contribution in [0.3, 0.4) is 0 Å². The van der Waals surface area contributed by atoms with E-state index in [0.717, 1.165) is 48.2 Å². The number of hydrogen-bond acceptors (Lipinski definition) is 6. The number of pyridine rings is 1. The van der Waals surface area contributed by atoms with Crippen molar-refractivity contribution < 1.29 is 9.53 Å². The van der Waals surface area contributed by atoms with Crippen molar-refractivity contribution in [2.24, 2.45) is 0 Å². The van der Waals surface area contributed by atoms with Crippen molar-refractivity contribution in [1.82, 2.24) is 14.5 Å². The molecule has 1 aliphatic heterocycles. The van der Waals surface area contributed by atoms with Crippen LogP contribution in [0, 0.1) is 6.92 Å². The Morgan fingerprint density at radius 3 is 2.64 bits per heavy atom. The molecule has 2 aromatic heterocycles. The van der Waals surface area contributed by atoms with Gasteiger partial charge in [0.1, 0.15) is 11.3 Å². The number of fused-ring (bicyclic) bond motifs is 3. The second-order valence-corrected chi connectivity index (χ2v) is 7.43. The number of nitrogens with zero attached hydrogens (tertiary/aromatic N) is 5. The molecule has 0 radical (unpaired) electrons. The minimum atomic E-state index is -0.394. The highest BCUT2D eigenvalue weighted by atomic mass is 35.5. The summed E-state index contributed by atoms with van der Waals surface area (Å²) in [5, 5.41) is 0.516. The van der Waals surface area contributed by atoms with Gasteiger partial charge < -0.3 is 19.1 Å². The van der Waals surface area contributed by atoms with Gasteiger partial charge in [-0.3, -0.25) is 0 Å². The first-order valence-electron chi connectivity index (χ1n) is 9.12. The fraction of sp³-hybridized carbons (Fsp3) is 0.350. The van der Waals surface area contributed by atoms with Crippen LogP contribution in [0.1, 0.15) is 22.5 Å². The van der Waals surface area contributed by atoms with Gasteiger partial charge in [-0.15, -0.1) is 0 Å². The summed E-state index contributed by atoms with van der Waals surface area (Å²) in [7, 11) is 5.32. The van der Waals surface area contributed by atoms with Crippen LogP contribution < -0.4 is 9.80 Å². The van der Waals surface area contributed by atoms with Crippen LogP contribution in [0.15, 0.2) is 24.3 Å². The molecule has 1 aliphatic rings. The number of imidazole rings is 1. The molecule has 8 heteroatoms. The molecule has 1 aromatic carbocycles. The number of methoxy groups -OCH3 is 1. The Balaban J connectivity index is 1.90. The number of esters is 1. The van der Waals surface area contributed by atoms with Crippen molar-refractivity contribution >= 4 is 46.1 Å². The topological polar surface area (TPSA) is 63.5 Å². The van der Waals surface area contributed by atoms with E-state index in [1.165, 1.54) is 7.11 Å². The summed E-state index contributed by atoms with van der Waals surface area (Å²) in [5.74, 6) is 1.28. The van der Waals surface area contributed by atoms with Crippen LogP contribution in [0.4, 0.5) is 17.5 Å². The van der Waals surface area contributed by atoms with E-state index >= 15 is 0 Å². The second kappa shape index (κ2) is 6.98. The third kappa shape index (κ3) is 2.86. The van der Waals surface area contributed by atoms with Gasteiger partial charge in [-0.2, -0.15) is 0 Å². The molecule has 0 N–H and O–H groups in total. The Labute approximate surface area is 168 Å². The Morgan fingerprint density at radius 1 is 1.18 bits per heavy atom. The SMILES string of the molecule is COC(=O)c1ccc(Cl)c2nc3n(c12)CCCN3c1ccc(N(C)C)nc1C. The van der Waals surface area contributed by atoms with Gasteiger partial charge in [0.2, 0.25) is 5.95 Å². The highest BCUT2D eigenvalue weighted by Gasteiger charge is 2.28. The first-order chi connectivity index (χ1) is 13.4. The average molecular weight is 400 g/mol. The van der Waals surface area contributed by atoms with E-state index in [2.05, 4.69) is 15.5 Å². The molecule has 7 nitrogen and oxygen atoms in total. The largest absolute Gasteiger partial charge is 0.465 e. The van der Waals surface area contributed by atoms with Gasteiger partial charge in [0.05, 0.1) is 34.6 Å². The monoisotopic (exact) mass is 399 g/mol. The zero-order valence-corrected chi connectivity index (χ0v) is 17.1. The number of aromatic nitrogens is 3. The molecule has 3 heterocycles. The maximum Gasteiger partial charge on any atom is 0.340 e. The summed E-state index contributed by atoms with van der Waals surface area (Å²) in [6.07, 6.45) is 0.917. The van der Waals surface area contributed by atoms with E-state index in [4.69, 9.17) is 26.3 Å². The molecule has 28 heavy (non-hydrogen) atoms. The van der Waals surface area contributed by atoms with Crippen LogP contribution >= 0.6 is 11.6 Å². The minimum Gasteiger partial charge on any atom is -0.465 e. The van der Waals surface area contributed by atoms with E-state index in [9.17, 15) is 4.79 Å². The highest BCUT2D eigenvalue weighted by Crippen LogP contribution is 2.37. The molecule has 0 saturated heterocycles. The molecular weight excluding hydrogens is 378 g/mol. The lowest BCUT2D eigenvalue weighted by atomic mass is 10.1. The number of hydrogen-bond donors (Lipinski definition) is 0. The van der Waals surface area contributed by atoms with E-state index < -0.39 is 5.97 Å². The van der Waals surface area contributed by atoms with Gasteiger partial charge in [-0.1, -0.05) is 11.6 Å². The second-order valence-electron chi connectivity index (χ2n) is 7.02. The number of rotatable bonds is 3. The average Bonchev–Trinajstić information content (AvgIpc) is 3.08. The smallest absolute Gasteiger partial charge is 0.340 e. The van der Waals surface area contributed by atoms with Gasteiger partial charge >= 0.3 is 5.97 Å². The maximum absolute atomic E-state index is 12.3. The van der Waals surface area contributed by atoms with Gasteiger partial charge in [0, 0.05) is 27.2 Å². The van der Waals surface area contributed by atoms with Crippen molar-refractivity contribution in [3.8, 4) is 0 Å². The summed E-state index contributed by atoms with van der Waals surface area (Å²) in [4.78, 5) is 25.9. The Kier molecular flexibility index (Phi) is 4.63. The van der Waals surface area contributed by atoms with Crippen molar-refractivity contribution in [2.45, 2.75) is 19.9 Å². The molecule has 0 unspecified atom stereocenters. The number of anilines is 3. The van der Waals surface area contributed by atoms with Gasteiger partial charge in [0.15, 0.2) is 0 Å². The lowest BCUT2D eigenvalue weighted by molar-refractivity contribution is 0.0602. The van der Waals surface area contributed by atoms with E-state index in [0.29, 0.717) is 16.1 Å². The summed E-state index contributed by atoms with van der Waals surface area (Å²) in [5.41, 5.74) is 3.72. The van der Waals surface area contributed by atoms with E-state index in [-0.39, 0.29) is 0 Å². The molecule has 0 fully saturated rings. The molecule has 0 spiro atoms. The number of benzene rings is 1. The Bertz CT molecular complexity index is 1080. The summed E-state index contributed by atoms with van der Waals surface area (Å²) in [6, 6.07) is 7.45.